The molecule has 1 aliphatic rings. The average Bonchev–Trinajstić information content (AvgIpc) is 2.83. The van der Waals surface area contributed by atoms with Crippen molar-refractivity contribution in [3.63, 3.8) is 0 Å². The fourth-order valence-electron chi connectivity index (χ4n) is 4.28. The monoisotopic (exact) mass is 471 g/mol. The van der Waals surface area contributed by atoms with E-state index < -0.39 is 10.0 Å². The van der Waals surface area contributed by atoms with Crippen LogP contribution < -0.4 is 5.32 Å². The van der Waals surface area contributed by atoms with Gasteiger partial charge in [0.05, 0.1) is 4.90 Å². The maximum Gasteiger partial charge on any atom is 0.243 e. The lowest BCUT2D eigenvalue weighted by Gasteiger charge is -2.30. The van der Waals surface area contributed by atoms with Gasteiger partial charge in [-0.15, -0.1) is 0 Å². The Morgan fingerprint density at radius 2 is 1.64 bits per heavy atom. The number of sulfonamides is 1. The van der Waals surface area contributed by atoms with Gasteiger partial charge in [0.15, 0.2) is 0 Å². The Hall–Kier alpha value is -2.22. The average molecular weight is 472 g/mol. The molecule has 3 rings (SSSR count). The van der Waals surface area contributed by atoms with Gasteiger partial charge in [0.2, 0.25) is 15.9 Å². The summed E-state index contributed by atoms with van der Waals surface area (Å²) in [5, 5.41) is 3.09. The van der Waals surface area contributed by atoms with Gasteiger partial charge in [-0.1, -0.05) is 44.2 Å². The molecule has 0 aliphatic carbocycles. The zero-order chi connectivity index (χ0) is 24.0. The molecule has 1 saturated heterocycles. The number of rotatable bonds is 9. The lowest BCUT2D eigenvalue weighted by Crippen LogP contribution is -2.42. The summed E-state index contributed by atoms with van der Waals surface area (Å²) < 4.78 is 27.6. The van der Waals surface area contributed by atoms with Gasteiger partial charge in [-0.25, -0.2) is 8.42 Å². The Kier molecular flexibility index (Phi) is 8.68. The number of nitrogens with one attached hydrogen (secondary N) is 1. The van der Waals surface area contributed by atoms with Crippen LogP contribution in [-0.4, -0.2) is 49.7 Å². The molecule has 7 heteroatoms. The summed E-state index contributed by atoms with van der Waals surface area (Å²) in [4.78, 5) is 15.5. The molecule has 1 N–H and O–H groups in total. The van der Waals surface area contributed by atoms with Gasteiger partial charge < -0.3 is 5.32 Å². The highest BCUT2D eigenvalue weighted by Gasteiger charge is 2.32. The van der Waals surface area contributed by atoms with Crippen LogP contribution in [0.4, 0.5) is 0 Å². The van der Waals surface area contributed by atoms with Crippen LogP contribution in [0.2, 0.25) is 0 Å². The lowest BCUT2D eigenvalue weighted by atomic mass is 9.97. The van der Waals surface area contributed by atoms with Gasteiger partial charge in [-0.05, 0) is 74.2 Å². The molecule has 1 heterocycles. The van der Waals surface area contributed by atoms with Gasteiger partial charge in [0.1, 0.15) is 0 Å². The Labute approximate surface area is 199 Å². The van der Waals surface area contributed by atoms with Crippen molar-refractivity contribution in [3.8, 4) is 0 Å². The number of piperidine rings is 1. The van der Waals surface area contributed by atoms with Crippen LogP contribution in [0.3, 0.4) is 0 Å². The van der Waals surface area contributed by atoms with Crippen molar-refractivity contribution in [2.75, 3.05) is 26.2 Å². The predicted octanol–water partition coefficient (Wildman–Crippen LogP) is 3.86. The summed E-state index contributed by atoms with van der Waals surface area (Å²) >= 11 is 0. The highest BCUT2D eigenvalue weighted by molar-refractivity contribution is 7.89. The molecular formula is C26H37N3O3S. The van der Waals surface area contributed by atoms with Crippen molar-refractivity contribution < 1.29 is 13.2 Å². The number of aryl methyl sites for hydroxylation is 2. The van der Waals surface area contributed by atoms with E-state index in [1.165, 1.54) is 9.87 Å². The lowest BCUT2D eigenvalue weighted by molar-refractivity contribution is -0.126. The number of carbonyl (C=O) groups is 1. The molecule has 0 spiro atoms. The molecule has 33 heavy (non-hydrogen) atoms. The maximum absolute atomic E-state index is 13.0. The van der Waals surface area contributed by atoms with Crippen molar-refractivity contribution in [2.45, 2.75) is 58.5 Å². The Morgan fingerprint density at radius 1 is 1.00 bits per heavy atom. The Balaban J connectivity index is 1.56. The molecule has 0 atom stereocenters. The summed E-state index contributed by atoms with van der Waals surface area (Å²) in [5.41, 5.74) is 4.40. The number of carbonyl (C=O) groups excluding carboxylic acids is 1. The summed E-state index contributed by atoms with van der Waals surface area (Å²) in [6.45, 7) is 12.3. The van der Waals surface area contributed by atoms with Crippen molar-refractivity contribution in [1.82, 2.24) is 14.5 Å². The maximum atomic E-state index is 13.0. The van der Waals surface area contributed by atoms with E-state index in [-0.39, 0.29) is 11.8 Å². The molecule has 0 saturated carbocycles. The summed E-state index contributed by atoms with van der Waals surface area (Å²) in [7, 11) is -3.53. The van der Waals surface area contributed by atoms with Crippen LogP contribution in [0, 0.1) is 19.8 Å². The molecule has 180 valence electrons. The first kappa shape index (κ1) is 25.4. The normalized spacial score (nSPS) is 15.7. The molecular weight excluding hydrogens is 434 g/mol. The van der Waals surface area contributed by atoms with E-state index in [0.29, 0.717) is 37.4 Å². The van der Waals surface area contributed by atoms with Gasteiger partial charge in [-0.2, -0.15) is 4.31 Å². The molecule has 0 radical (unpaired) electrons. The molecule has 0 aromatic heterocycles. The summed E-state index contributed by atoms with van der Waals surface area (Å²) in [6, 6.07) is 13.5. The van der Waals surface area contributed by atoms with E-state index in [0.717, 1.165) is 36.3 Å². The van der Waals surface area contributed by atoms with E-state index in [1.807, 2.05) is 32.0 Å². The first-order chi connectivity index (χ1) is 15.8. The van der Waals surface area contributed by atoms with Gasteiger partial charge in [-0.3, -0.25) is 9.69 Å². The van der Waals surface area contributed by atoms with E-state index in [4.69, 9.17) is 0 Å². The topological polar surface area (TPSA) is 69.7 Å². The highest BCUT2D eigenvalue weighted by Crippen LogP contribution is 2.25. The number of nitrogens with zero attached hydrogens (tertiary/aromatic N) is 2. The third-order valence-corrected chi connectivity index (χ3v) is 8.70. The smallest absolute Gasteiger partial charge is 0.243 e. The fraction of sp³-hybridized carbons (Fsp3) is 0.500. The Bertz CT molecular complexity index is 1060. The zero-order valence-corrected chi connectivity index (χ0v) is 21.1. The molecule has 2 aromatic carbocycles. The van der Waals surface area contributed by atoms with Crippen LogP contribution in [-0.2, 0) is 27.9 Å². The van der Waals surface area contributed by atoms with Gasteiger partial charge >= 0.3 is 0 Å². The van der Waals surface area contributed by atoms with Gasteiger partial charge in [0.25, 0.3) is 0 Å². The molecule has 0 unspecified atom stereocenters. The molecule has 0 bridgehead atoms. The Morgan fingerprint density at radius 3 is 2.24 bits per heavy atom. The van der Waals surface area contributed by atoms with Crippen LogP contribution in [0.5, 0.6) is 0 Å². The van der Waals surface area contributed by atoms with Crippen LogP contribution >= 0.6 is 0 Å². The fourth-order valence-corrected chi connectivity index (χ4v) is 5.84. The van der Waals surface area contributed by atoms with Crippen molar-refractivity contribution in [2.24, 2.45) is 5.92 Å². The molecule has 1 aliphatic heterocycles. The second kappa shape index (κ2) is 11.3. The molecule has 1 amide bonds. The minimum atomic E-state index is -3.53. The third-order valence-electron chi connectivity index (χ3n) is 6.80. The van der Waals surface area contributed by atoms with Crippen LogP contribution in [0.1, 0.15) is 48.9 Å². The first-order valence-electron chi connectivity index (χ1n) is 11.9. The number of amides is 1. The van der Waals surface area contributed by atoms with Crippen molar-refractivity contribution >= 4 is 15.9 Å². The first-order valence-corrected chi connectivity index (χ1v) is 13.3. The highest BCUT2D eigenvalue weighted by atomic mass is 32.2. The van der Waals surface area contributed by atoms with Crippen LogP contribution in [0.15, 0.2) is 47.4 Å². The third kappa shape index (κ3) is 6.22. The number of hydrogen-bond donors (Lipinski definition) is 1. The number of hydrogen-bond acceptors (Lipinski definition) is 4. The van der Waals surface area contributed by atoms with Crippen molar-refractivity contribution in [3.05, 3.63) is 64.7 Å². The molecule has 6 nitrogen and oxygen atoms in total. The van der Waals surface area contributed by atoms with E-state index in [1.54, 1.807) is 12.1 Å². The second-order valence-corrected chi connectivity index (χ2v) is 10.8. The largest absolute Gasteiger partial charge is 0.352 e. The van der Waals surface area contributed by atoms with Gasteiger partial charge in [0, 0.05) is 32.1 Å². The zero-order valence-electron chi connectivity index (χ0n) is 20.3. The SMILES string of the molecule is CCN(CC)Cc1ccccc1CNC(=O)C1CCN(S(=O)(=O)c2ccc(C)c(C)c2)CC1. The number of benzene rings is 2. The van der Waals surface area contributed by atoms with Crippen LogP contribution in [0.25, 0.3) is 0 Å². The minimum Gasteiger partial charge on any atom is -0.352 e. The second-order valence-electron chi connectivity index (χ2n) is 8.87. The predicted molar refractivity (Wildman–Crippen MR) is 132 cm³/mol. The minimum absolute atomic E-state index is 0.0101. The van der Waals surface area contributed by atoms with E-state index in [9.17, 15) is 13.2 Å². The molecule has 2 aromatic rings. The quantitative estimate of drug-likeness (QED) is 0.603. The van der Waals surface area contributed by atoms with Crippen molar-refractivity contribution in [1.29, 1.82) is 0 Å². The molecule has 1 fully saturated rings. The summed E-state index contributed by atoms with van der Waals surface area (Å²) in [5.74, 6) is -0.151. The standard InChI is InChI=1S/C26H37N3O3S/c1-5-28(6-2)19-24-10-8-7-9-23(24)18-27-26(30)22-13-15-29(16-14-22)33(31,32)25-12-11-20(3)21(4)17-25/h7-12,17,22H,5-6,13-16,18-19H2,1-4H3,(H,27,30). The van der Waals surface area contributed by atoms with E-state index in [2.05, 4.69) is 36.2 Å². The summed E-state index contributed by atoms with van der Waals surface area (Å²) in [6.07, 6.45) is 1.08. The van der Waals surface area contributed by atoms with E-state index >= 15 is 0 Å².